The number of alkyl halides is 3. The predicted octanol–water partition coefficient (Wildman–Crippen LogP) is 8.63. The molecule has 1 aromatic rings. The molecule has 0 bridgehead atoms. The zero-order valence-electron chi connectivity index (χ0n) is 18.3. The van der Waals surface area contributed by atoms with E-state index < -0.39 is 17.9 Å². The Morgan fingerprint density at radius 3 is 2.10 bits per heavy atom. The van der Waals surface area contributed by atoms with Crippen LogP contribution in [0.2, 0.25) is 0 Å². The topological polar surface area (TPSA) is 9.23 Å². The molecule has 1 nitrogen and oxygen atoms in total. The molecular formula is C25H36F4O. The lowest BCUT2D eigenvalue weighted by Gasteiger charge is -2.38. The van der Waals surface area contributed by atoms with Crippen LogP contribution in [-0.2, 0) is 0 Å². The molecule has 0 amide bonds. The van der Waals surface area contributed by atoms with Gasteiger partial charge in [0, 0.05) is 0 Å². The minimum atomic E-state index is -4.87. The Hall–Kier alpha value is -1.26. The van der Waals surface area contributed by atoms with E-state index in [9.17, 15) is 17.6 Å². The van der Waals surface area contributed by atoms with Gasteiger partial charge in [-0.2, -0.15) is 0 Å². The van der Waals surface area contributed by atoms with Crippen molar-refractivity contribution in [2.24, 2.45) is 23.7 Å². The van der Waals surface area contributed by atoms with Crippen LogP contribution in [0.5, 0.6) is 5.75 Å². The number of halogens is 4. The van der Waals surface area contributed by atoms with E-state index >= 15 is 0 Å². The normalized spacial score (nSPS) is 28.9. The average molecular weight is 429 g/mol. The summed E-state index contributed by atoms with van der Waals surface area (Å²) in [6.45, 7) is 4.63. The fraction of sp³-hybridized carbons (Fsp3) is 0.760. The third-order valence-electron chi connectivity index (χ3n) is 7.75. The van der Waals surface area contributed by atoms with Gasteiger partial charge < -0.3 is 4.74 Å². The molecule has 0 N–H and O–H groups in total. The van der Waals surface area contributed by atoms with E-state index in [2.05, 4.69) is 18.6 Å². The Bertz CT molecular complexity index is 656. The first kappa shape index (κ1) is 23.4. The molecule has 1 unspecified atom stereocenters. The highest BCUT2D eigenvalue weighted by Crippen LogP contribution is 2.45. The molecule has 0 aromatic heterocycles. The third kappa shape index (κ3) is 6.62. The van der Waals surface area contributed by atoms with Gasteiger partial charge >= 0.3 is 6.36 Å². The van der Waals surface area contributed by atoms with Crippen molar-refractivity contribution in [2.45, 2.75) is 96.8 Å². The van der Waals surface area contributed by atoms with Gasteiger partial charge in [-0.15, -0.1) is 13.2 Å². The Labute approximate surface area is 178 Å². The highest BCUT2D eigenvalue weighted by Gasteiger charge is 2.34. The molecule has 30 heavy (non-hydrogen) atoms. The van der Waals surface area contributed by atoms with Crippen molar-refractivity contribution in [2.75, 3.05) is 0 Å². The van der Waals surface area contributed by atoms with E-state index in [1.54, 1.807) is 6.07 Å². The lowest BCUT2D eigenvalue weighted by atomic mass is 9.68. The van der Waals surface area contributed by atoms with Gasteiger partial charge in [-0.25, -0.2) is 4.39 Å². The molecule has 2 aliphatic rings. The molecule has 170 valence electrons. The maximum Gasteiger partial charge on any atom is 0.573 e. The van der Waals surface area contributed by atoms with Crippen molar-refractivity contribution in [3.8, 4) is 5.75 Å². The lowest BCUT2D eigenvalue weighted by Crippen LogP contribution is -2.25. The molecule has 0 spiro atoms. The van der Waals surface area contributed by atoms with Crippen LogP contribution in [0, 0.1) is 29.5 Å². The summed E-state index contributed by atoms with van der Waals surface area (Å²) in [5.41, 5.74) is 0.800. The SMILES string of the molecule is CCC(C)CCC1CCC(C2CCC(c3ccc(OC(F)(F)F)c(F)c3)CC2)CC1. The molecule has 3 rings (SSSR count). The lowest BCUT2D eigenvalue weighted by molar-refractivity contribution is -0.275. The molecular weight excluding hydrogens is 392 g/mol. The summed E-state index contributed by atoms with van der Waals surface area (Å²) in [7, 11) is 0. The summed E-state index contributed by atoms with van der Waals surface area (Å²) >= 11 is 0. The maximum absolute atomic E-state index is 14.0. The Kier molecular flexibility index (Phi) is 8.09. The van der Waals surface area contributed by atoms with Gasteiger partial charge in [-0.3, -0.25) is 0 Å². The first-order valence-electron chi connectivity index (χ1n) is 11.8. The molecule has 2 saturated carbocycles. The van der Waals surface area contributed by atoms with Gasteiger partial charge in [-0.1, -0.05) is 52.0 Å². The van der Waals surface area contributed by atoms with Crippen LogP contribution in [0.15, 0.2) is 18.2 Å². The Morgan fingerprint density at radius 2 is 1.57 bits per heavy atom. The third-order valence-corrected chi connectivity index (χ3v) is 7.75. The summed E-state index contributed by atoms with van der Waals surface area (Å²) in [6, 6.07) is 3.94. The Balaban J connectivity index is 1.45. The zero-order valence-corrected chi connectivity index (χ0v) is 18.3. The summed E-state index contributed by atoms with van der Waals surface area (Å²) in [4.78, 5) is 0. The van der Waals surface area contributed by atoms with E-state index in [1.807, 2.05) is 0 Å². The van der Waals surface area contributed by atoms with E-state index in [-0.39, 0.29) is 5.92 Å². The first-order chi connectivity index (χ1) is 14.2. The van der Waals surface area contributed by atoms with Crippen molar-refractivity contribution in [1.82, 2.24) is 0 Å². The van der Waals surface area contributed by atoms with Crippen LogP contribution in [0.1, 0.15) is 96.0 Å². The molecule has 1 atom stereocenters. The maximum atomic E-state index is 14.0. The largest absolute Gasteiger partial charge is 0.573 e. The number of rotatable bonds is 7. The summed E-state index contributed by atoms with van der Waals surface area (Å²) in [5.74, 6) is 1.90. The number of ether oxygens (including phenoxy) is 1. The molecule has 2 aliphatic carbocycles. The van der Waals surface area contributed by atoms with Gasteiger partial charge in [0.15, 0.2) is 11.6 Å². The second-order valence-corrected chi connectivity index (χ2v) is 9.72. The van der Waals surface area contributed by atoms with Crippen LogP contribution in [0.3, 0.4) is 0 Å². The molecule has 1 aromatic carbocycles. The predicted molar refractivity (Wildman–Crippen MR) is 112 cm³/mol. The fourth-order valence-electron chi connectivity index (χ4n) is 5.58. The highest BCUT2D eigenvalue weighted by atomic mass is 19.4. The first-order valence-corrected chi connectivity index (χ1v) is 11.8. The summed E-state index contributed by atoms with van der Waals surface area (Å²) in [5, 5.41) is 0. The molecule has 0 heterocycles. The van der Waals surface area contributed by atoms with Gasteiger partial charge in [0.05, 0.1) is 0 Å². The standard InChI is InChI=1S/C25H36F4O/c1-3-17(2)4-5-18-6-8-19(9-7-18)20-10-12-21(13-11-20)22-14-15-24(23(26)16-22)30-25(27,28)29/h14-21H,3-13H2,1-2H3. The van der Waals surface area contributed by atoms with Crippen molar-refractivity contribution >= 4 is 0 Å². The fourth-order valence-corrected chi connectivity index (χ4v) is 5.58. The van der Waals surface area contributed by atoms with Gasteiger partial charge in [0.2, 0.25) is 0 Å². The number of benzene rings is 1. The molecule has 2 fully saturated rings. The Morgan fingerprint density at radius 1 is 0.967 bits per heavy atom. The molecule has 0 radical (unpaired) electrons. The van der Waals surface area contributed by atoms with Crippen LogP contribution in [0.4, 0.5) is 17.6 Å². The monoisotopic (exact) mass is 428 g/mol. The van der Waals surface area contributed by atoms with E-state index in [1.165, 1.54) is 51.0 Å². The van der Waals surface area contributed by atoms with Gasteiger partial charge in [0.1, 0.15) is 0 Å². The smallest absolute Gasteiger partial charge is 0.403 e. The van der Waals surface area contributed by atoms with Crippen molar-refractivity contribution in [3.05, 3.63) is 29.6 Å². The van der Waals surface area contributed by atoms with Crippen molar-refractivity contribution in [3.63, 3.8) is 0 Å². The molecule has 5 heteroatoms. The second kappa shape index (κ2) is 10.4. The van der Waals surface area contributed by atoms with Crippen molar-refractivity contribution < 1.29 is 22.3 Å². The second-order valence-electron chi connectivity index (χ2n) is 9.72. The summed E-state index contributed by atoms with van der Waals surface area (Å²) < 4.78 is 54.8. The average Bonchev–Trinajstić information content (AvgIpc) is 2.73. The quantitative estimate of drug-likeness (QED) is 0.395. The summed E-state index contributed by atoms with van der Waals surface area (Å²) in [6.07, 6.45) is 8.87. The highest BCUT2D eigenvalue weighted by molar-refractivity contribution is 5.31. The zero-order chi connectivity index (χ0) is 21.7. The van der Waals surface area contributed by atoms with Crippen molar-refractivity contribution in [1.29, 1.82) is 0 Å². The van der Waals surface area contributed by atoms with E-state index in [0.29, 0.717) is 0 Å². The number of hydrogen-bond donors (Lipinski definition) is 0. The van der Waals surface area contributed by atoms with Crippen LogP contribution in [-0.4, -0.2) is 6.36 Å². The van der Waals surface area contributed by atoms with Gasteiger partial charge in [0.25, 0.3) is 0 Å². The van der Waals surface area contributed by atoms with Crippen LogP contribution in [0.25, 0.3) is 0 Å². The molecule has 0 saturated heterocycles. The minimum absolute atomic E-state index is 0.238. The van der Waals surface area contributed by atoms with Gasteiger partial charge in [-0.05, 0) is 85.8 Å². The van der Waals surface area contributed by atoms with E-state index in [4.69, 9.17) is 0 Å². The minimum Gasteiger partial charge on any atom is -0.403 e. The van der Waals surface area contributed by atoms with E-state index in [0.717, 1.165) is 61.0 Å². The van der Waals surface area contributed by atoms with Crippen LogP contribution < -0.4 is 4.74 Å². The van der Waals surface area contributed by atoms with Crippen LogP contribution >= 0.6 is 0 Å². The molecule has 0 aliphatic heterocycles. The number of hydrogen-bond acceptors (Lipinski definition) is 1.